The summed E-state index contributed by atoms with van der Waals surface area (Å²) >= 11 is 6.04. The van der Waals surface area contributed by atoms with Crippen LogP contribution in [0.5, 0.6) is 5.75 Å². The molecule has 2 aromatic carbocycles. The van der Waals surface area contributed by atoms with E-state index in [9.17, 15) is 19.2 Å². The van der Waals surface area contributed by atoms with Gasteiger partial charge in [-0.3, -0.25) is 19.2 Å². The van der Waals surface area contributed by atoms with Crippen molar-refractivity contribution in [1.29, 1.82) is 0 Å². The molecule has 0 aliphatic rings. The number of hydrogen-bond donors (Lipinski definition) is 3. The van der Waals surface area contributed by atoms with Crippen LogP contribution in [0.1, 0.15) is 27.6 Å². The summed E-state index contributed by atoms with van der Waals surface area (Å²) in [5, 5.41) is 13.4. The monoisotopic (exact) mass is 390 g/mol. The predicted molar refractivity (Wildman–Crippen MR) is 97.1 cm³/mol. The normalized spacial score (nSPS) is 10.0. The first kappa shape index (κ1) is 19.9. The SMILES string of the molecule is CC(=O)Oc1ccccc1C(=O)Nc1ccc(C(=O)NCC(=O)O)c(Cl)c1. The van der Waals surface area contributed by atoms with E-state index in [2.05, 4.69) is 10.6 Å². The first-order chi connectivity index (χ1) is 12.8. The number of carbonyl (C=O) groups excluding carboxylic acids is 3. The van der Waals surface area contributed by atoms with Crippen molar-refractivity contribution in [3.63, 3.8) is 0 Å². The topological polar surface area (TPSA) is 122 Å². The number of esters is 1. The van der Waals surface area contributed by atoms with Crippen LogP contribution in [0.4, 0.5) is 5.69 Å². The lowest BCUT2D eigenvalue weighted by molar-refractivity contribution is -0.136. The Hall–Kier alpha value is -3.39. The highest BCUT2D eigenvalue weighted by molar-refractivity contribution is 6.34. The van der Waals surface area contributed by atoms with Crippen molar-refractivity contribution >= 4 is 41.0 Å². The summed E-state index contributed by atoms with van der Waals surface area (Å²) in [4.78, 5) is 46.0. The summed E-state index contributed by atoms with van der Waals surface area (Å²) in [5.41, 5.74) is 0.515. The van der Waals surface area contributed by atoms with Gasteiger partial charge in [-0.2, -0.15) is 0 Å². The summed E-state index contributed by atoms with van der Waals surface area (Å²) < 4.78 is 5.00. The molecule has 8 nitrogen and oxygen atoms in total. The van der Waals surface area contributed by atoms with Gasteiger partial charge in [-0.25, -0.2) is 0 Å². The third-order valence-electron chi connectivity index (χ3n) is 3.26. The summed E-state index contributed by atoms with van der Waals surface area (Å²) in [5.74, 6) is -2.82. The fraction of sp³-hybridized carbons (Fsp3) is 0.111. The van der Waals surface area contributed by atoms with Gasteiger partial charge in [-0.05, 0) is 30.3 Å². The third-order valence-corrected chi connectivity index (χ3v) is 3.57. The quantitative estimate of drug-likeness (QED) is 0.514. The van der Waals surface area contributed by atoms with Gasteiger partial charge in [0.1, 0.15) is 12.3 Å². The second-order valence-electron chi connectivity index (χ2n) is 5.31. The zero-order valence-corrected chi connectivity index (χ0v) is 14.9. The van der Waals surface area contributed by atoms with Crippen molar-refractivity contribution < 1.29 is 29.0 Å². The highest BCUT2D eigenvalue weighted by Crippen LogP contribution is 2.23. The number of rotatable bonds is 6. The maximum absolute atomic E-state index is 12.4. The largest absolute Gasteiger partial charge is 0.480 e. The van der Waals surface area contributed by atoms with E-state index in [0.717, 1.165) is 0 Å². The number of hydrogen-bond acceptors (Lipinski definition) is 5. The minimum atomic E-state index is -1.19. The number of amides is 2. The summed E-state index contributed by atoms with van der Waals surface area (Å²) in [6.07, 6.45) is 0. The molecule has 0 saturated carbocycles. The molecule has 2 rings (SSSR count). The number of aliphatic carboxylic acids is 1. The molecule has 140 valence electrons. The molecule has 0 aliphatic carbocycles. The van der Waals surface area contributed by atoms with Crippen LogP contribution in [0.15, 0.2) is 42.5 Å². The molecule has 2 amide bonds. The van der Waals surface area contributed by atoms with Crippen molar-refractivity contribution in [1.82, 2.24) is 5.32 Å². The lowest BCUT2D eigenvalue weighted by Gasteiger charge is -2.11. The molecule has 27 heavy (non-hydrogen) atoms. The van der Waals surface area contributed by atoms with Crippen molar-refractivity contribution in [3.8, 4) is 5.75 Å². The van der Waals surface area contributed by atoms with Gasteiger partial charge in [-0.15, -0.1) is 0 Å². The number of carboxylic acids is 1. The van der Waals surface area contributed by atoms with E-state index in [1.807, 2.05) is 0 Å². The maximum atomic E-state index is 12.4. The number of halogens is 1. The third kappa shape index (κ3) is 5.55. The summed E-state index contributed by atoms with van der Waals surface area (Å²) in [6.45, 7) is 0.684. The van der Waals surface area contributed by atoms with E-state index < -0.39 is 30.3 Å². The lowest BCUT2D eigenvalue weighted by atomic mass is 10.1. The Morgan fingerprint density at radius 2 is 1.74 bits per heavy atom. The molecule has 3 N–H and O–H groups in total. The second-order valence-corrected chi connectivity index (χ2v) is 5.72. The standard InChI is InChI=1S/C18H15ClN2O6/c1-10(22)27-15-5-3-2-4-13(15)18(26)21-11-6-7-12(14(19)8-11)17(25)20-9-16(23)24/h2-8H,9H2,1H3,(H,20,25)(H,21,26)(H,23,24). The molecular weight excluding hydrogens is 376 g/mol. The highest BCUT2D eigenvalue weighted by Gasteiger charge is 2.16. The van der Waals surface area contributed by atoms with Crippen LogP contribution in [0.25, 0.3) is 0 Å². The Bertz CT molecular complexity index is 912. The lowest BCUT2D eigenvalue weighted by Crippen LogP contribution is -2.29. The number of nitrogens with one attached hydrogen (secondary N) is 2. The Morgan fingerprint density at radius 3 is 2.37 bits per heavy atom. The molecule has 0 aromatic heterocycles. The van der Waals surface area contributed by atoms with Gasteiger partial charge in [0.05, 0.1) is 16.1 Å². The smallest absolute Gasteiger partial charge is 0.322 e. The van der Waals surface area contributed by atoms with Crippen LogP contribution in [0, 0.1) is 0 Å². The van der Waals surface area contributed by atoms with Crippen LogP contribution in [0.2, 0.25) is 5.02 Å². The Labute approximate surface area is 159 Å². The molecule has 0 aliphatic heterocycles. The zero-order valence-electron chi connectivity index (χ0n) is 14.1. The number of ether oxygens (including phenoxy) is 1. The van der Waals surface area contributed by atoms with Crippen molar-refractivity contribution in [2.45, 2.75) is 6.92 Å². The molecule has 0 bridgehead atoms. The van der Waals surface area contributed by atoms with Gasteiger partial charge in [0, 0.05) is 12.6 Å². The molecule has 0 spiro atoms. The minimum Gasteiger partial charge on any atom is -0.480 e. The van der Waals surface area contributed by atoms with Crippen LogP contribution in [-0.2, 0) is 9.59 Å². The van der Waals surface area contributed by atoms with E-state index in [1.165, 1.54) is 37.3 Å². The fourth-order valence-corrected chi connectivity index (χ4v) is 2.39. The molecule has 0 saturated heterocycles. The van der Waals surface area contributed by atoms with Gasteiger partial charge in [0.25, 0.3) is 11.8 Å². The Morgan fingerprint density at radius 1 is 1.04 bits per heavy atom. The van der Waals surface area contributed by atoms with Gasteiger partial charge >= 0.3 is 11.9 Å². The second kappa shape index (κ2) is 8.81. The predicted octanol–water partition coefficient (Wildman–Crippen LogP) is 2.33. The number of para-hydroxylation sites is 1. The van der Waals surface area contributed by atoms with Crippen LogP contribution >= 0.6 is 11.6 Å². The fourth-order valence-electron chi connectivity index (χ4n) is 2.12. The van der Waals surface area contributed by atoms with Crippen molar-refractivity contribution in [2.75, 3.05) is 11.9 Å². The van der Waals surface area contributed by atoms with E-state index in [0.29, 0.717) is 5.69 Å². The van der Waals surface area contributed by atoms with Crippen LogP contribution < -0.4 is 15.4 Å². The molecule has 0 radical (unpaired) electrons. The van der Waals surface area contributed by atoms with Crippen molar-refractivity contribution in [2.24, 2.45) is 0 Å². The van der Waals surface area contributed by atoms with E-state index in [1.54, 1.807) is 12.1 Å². The molecule has 0 atom stereocenters. The molecule has 9 heteroatoms. The first-order valence-corrected chi connectivity index (χ1v) is 8.04. The molecule has 0 unspecified atom stereocenters. The summed E-state index contributed by atoms with van der Waals surface area (Å²) in [7, 11) is 0. The maximum Gasteiger partial charge on any atom is 0.322 e. The Kier molecular flexibility index (Phi) is 6.51. The van der Waals surface area contributed by atoms with Crippen LogP contribution in [0.3, 0.4) is 0 Å². The van der Waals surface area contributed by atoms with Gasteiger partial charge in [0.2, 0.25) is 0 Å². The number of carboxylic acid groups (broad SMARTS) is 1. The zero-order chi connectivity index (χ0) is 20.0. The van der Waals surface area contributed by atoms with Gasteiger partial charge < -0.3 is 20.5 Å². The molecule has 0 heterocycles. The Balaban J connectivity index is 2.15. The van der Waals surface area contributed by atoms with Gasteiger partial charge in [0.15, 0.2) is 0 Å². The van der Waals surface area contributed by atoms with E-state index in [4.69, 9.17) is 21.4 Å². The number of benzene rings is 2. The average Bonchev–Trinajstić information content (AvgIpc) is 2.59. The van der Waals surface area contributed by atoms with Gasteiger partial charge in [-0.1, -0.05) is 23.7 Å². The van der Waals surface area contributed by atoms with Crippen LogP contribution in [-0.4, -0.2) is 35.4 Å². The molecule has 0 fully saturated rings. The van der Waals surface area contributed by atoms with E-state index in [-0.39, 0.29) is 21.9 Å². The van der Waals surface area contributed by atoms with Crippen molar-refractivity contribution in [3.05, 3.63) is 58.6 Å². The summed E-state index contributed by atoms with van der Waals surface area (Å²) in [6, 6.07) is 10.4. The average molecular weight is 391 g/mol. The number of carbonyl (C=O) groups is 4. The molecule has 2 aromatic rings. The number of anilines is 1. The molecular formula is C18H15ClN2O6. The van der Waals surface area contributed by atoms with E-state index >= 15 is 0 Å². The minimum absolute atomic E-state index is 0.0314. The highest BCUT2D eigenvalue weighted by atomic mass is 35.5. The first-order valence-electron chi connectivity index (χ1n) is 7.66.